The summed E-state index contributed by atoms with van der Waals surface area (Å²) < 4.78 is 13.9. The molecule has 10 aromatic carbocycles. The second-order valence-electron chi connectivity index (χ2n) is 19.6. The molecule has 0 fully saturated rings. The van der Waals surface area contributed by atoms with Crippen LogP contribution in [0.1, 0.15) is 58.4 Å². The van der Waals surface area contributed by atoms with Crippen molar-refractivity contribution in [3.05, 3.63) is 263 Å². The summed E-state index contributed by atoms with van der Waals surface area (Å²) in [6.45, 7) is 4.76. The lowest BCUT2D eigenvalue weighted by molar-refractivity contribution is 0.632. The molecule has 0 bridgehead atoms. The van der Waals surface area contributed by atoms with E-state index in [1.807, 2.05) is 0 Å². The Hall–Kier alpha value is -8.86. The Morgan fingerprint density at radius 3 is 1.69 bits per heavy atom. The van der Waals surface area contributed by atoms with Crippen molar-refractivity contribution < 1.29 is 8.83 Å². The Balaban J connectivity index is 1.08. The molecule has 15 rings (SSSR count). The van der Waals surface area contributed by atoms with Gasteiger partial charge in [-0.3, -0.25) is 0 Å². The standard InChI is InChI=1S/C66H44N2O2/c1-65(2)53-29-15-16-30-57(53)68(58-36-34-44(38-56(58)65)67(42-19-5-3-6-20-42)43-21-7-4-8-22-43)59-40-55-48(64-63(59)49-26-12-18-32-61(49)70-64)35-33-41-37-62-50(47-25-11-17-31-60(47)69-62)39-54(41)66(55)51-27-13-9-23-45(51)46-24-10-14-28-52(46)66/h3-40H,1-2H3. The molecule has 2 aromatic heterocycles. The molecule has 0 radical (unpaired) electrons. The highest BCUT2D eigenvalue weighted by Gasteiger charge is 2.50. The van der Waals surface area contributed by atoms with Gasteiger partial charge in [0.15, 0.2) is 0 Å². The van der Waals surface area contributed by atoms with Crippen LogP contribution in [0.2, 0.25) is 0 Å². The van der Waals surface area contributed by atoms with Gasteiger partial charge < -0.3 is 18.6 Å². The molecule has 0 N–H and O–H groups in total. The van der Waals surface area contributed by atoms with Crippen LogP contribution in [0.5, 0.6) is 0 Å². The summed E-state index contributed by atoms with van der Waals surface area (Å²) in [4.78, 5) is 4.91. The molecule has 3 aliphatic rings. The lowest BCUT2D eigenvalue weighted by Crippen LogP contribution is -2.32. The monoisotopic (exact) mass is 896 g/mol. The zero-order valence-corrected chi connectivity index (χ0v) is 38.7. The maximum atomic E-state index is 7.30. The lowest BCUT2D eigenvalue weighted by Gasteiger charge is -2.43. The molecule has 0 saturated carbocycles. The highest BCUT2D eigenvalue weighted by Crippen LogP contribution is 2.62. The van der Waals surface area contributed by atoms with Gasteiger partial charge in [-0.05, 0) is 129 Å². The van der Waals surface area contributed by atoms with Gasteiger partial charge >= 0.3 is 0 Å². The van der Waals surface area contributed by atoms with Crippen LogP contribution in [0, 0.1) is 0 Å². The van der Waals surface area contributed by atoms with Crippen LogP contribution in [-0.4, -0.2) is 0 Å². The summed E-state index contributed by atoms with van der Waals surface area (Å²) in [7, 11) is 0. The molecule has 1 spiro atoms. The zero-order chi connectivity index (χ0) is 46.3. The predicted octanol–water partition coefficient (Wildman–Crippen LogP) is 17.9. The van der Waals surface area contributed by atoms with Crippen LogP contribution in [0.25, 0.3) is 67.2 Å². The zero-order valence-electron chi connectivity index (χ0n) is 38.7. The molecule has 0 saturated heterocycles. The first kappa shape index (κ1) is 39.2. The summed E-state index contributed by atoms with van der Waals surface area (Å²) >= 11 is 0. The number of benzene rings is 10. The summed E-state index contributed by atoms with van der Waals surface area (Å²) in [6, 6.07) is 79.8. The van der Waals surface area contributed by atoms with Gasteiger partial charge in [-0.2, -0.15) is 0 Å². The average molecular weight is 897 g/mol. The van der Waals surface area contributed by atoms with E-state index in [-0.39, 0.29) is 5.41 Å². The minimum absolute atomic E-state index is 0.355. The van der Waals surface area contributed by atoms with Crippen molar-refractivity contribution in [2.75, 3.05) is 9.80 Å². The van der Waals surface area contributed by atoms with Gasteiger partial charge in [-0.1, -0.05) is 166 Å². The number of furan rings is 2. The van der Waals surface area contributed by atoms with Crippen molar-refractivity contribution in [3.8, 4) is 11.1 Å². The number of nitrogens with zero attached hydrogens (tertiary/aromatic N) is 2. The predicted molar refractivity (Wildman–Crippen MR) is 289 cm³/mol. The summed E-state index contributed by atoms with van der Waals surface area (Å²) in [6.07, 6.45) is 4.61. The minimum Gasteiger partial charge on any atom is -0.456 e. The van der Waals surface area contributed by atoms with E-state index in [1.165, 1.54) is 44.5 Å². The SMILES string of the molecule is CC1(C)c2ccccc2N(c2cc3c(c4oc5ccccc5c24)C=Cc2cc4oc5ccccc5c4cc2C32c3ccccc3-c3ccccc32)c2ccc(N(c3ccccc3)c3ccccc3)cc21. The van der Waals surface area contributed by atoms with Crippen molar-refractivity contribution in [2.24, 2.45) is 0 Å². The summed E-state index contributed by atoms with van der Waals surface area (Å²) in [5.41, 5.74) is 21.1. The van der Waals surface area contributed by atoms with Crippen molar-refractivity contribution in [3.63, 3.8) is 0 Å². The van der Waals surface area contributed by atoms with Crippen LogP contribution >= 0.6 is 0 Å². The third-order valence-corrected chi connectivity index (χ3v) is 15.6. The van der Waals surface area contributed by atoms with Gasteiger partial charge in [-0.15, -0.1) is 0 Å². The Morgan fingerprint density at radius 1 is 0.386 bits per heavy atom. The third kappa shape index (κ3) is 5.20. The lowest BCUT2D eigenvalue weighted by atomic mass is 9.65. The number of hydrogen-bond donors (Lipinski definition) is 0. The van der Waals surface area contributed by atoms with Crippen molar-refractivity contribution in [1.82, 2.24) is 0 Å². The first-order valence-corrected chi connectivity index (χ1v) is 24.2. The first-order chi connectivity index (χ1) is 34.5. The second-order valence-corrected chi connectivity index (χ2v) is 19.6. The molecule has 0 atom stereocenters. The van der Waals surface area contributed by atoms with E-state index in [1.54, 1.807) is 0 Å². The highest BCUT2D eigenvalue weighted by atomic mass is 16.3. The van der Waals surface area contributed by atoms with Gasteiger partial charge in [0.25, 0.3) is 0 Å². The van der Waals surface area contributed by atoms with E-state index in [0.717, 1.165) is 89.1 Å². The highest BCUT2D eigenvalue weighted by molar-refractivity contribution is 6.18. The van der Waals surface area contributed by atoms with Crippen LogP contribution in [0.4, 0.5) is 34.1 Å². The van der Waals surface area contributed by atoms with Gasteiger partial charge in [0.2, 0.25) is 0 Å². The van der Waals surface area contributed by atoms with Crippen molar-refractivity contribution in [2.45, 2.75) is 24.7 Å². The molecule has 4 heteroatoms. The van der Waals surface area contributed by atoms with E-state index >= 15 is 0 Å². The molecular formula is C66H44N2O2. The molecule has 12 aromatic rings. The number of rotatable bonds is 4. The van der Waals surface area contributed by atoms with E-state index in [9.17, 15) is 0 Å². The van der Waals surface area contributed by atoms with E-state index < -0.39 is 5.41 Å². The van der Waals surface area contributed by atoms with Crippen molar-refractivity contribution in [1.29, 1.82) is 0 Å². The van der Waals surface area contributed by atoms with E-state index in [4.69, 9.17) is 8.83 Å². The summed E-state index contributed by atoms with van der Waals surface area (Å²) in [5, 5.41) is 4.38. The van der Waals surface area contributed by atoms with Crippen LogP contribution in [0.3, 0.4) is 0 Å². The topological polar surface area (TPSA) is 32.8 Å². The minimum atomic E-state index is -0.747. The maximum absolute atomic E-state index is 7.30. The average Bonchev–Trinajstić information content (AvgIpc) is 4.04. The van der Waals surface area contributed by atoms with E-state index in [2.05, 4.69) is 254 Å². The fraction of sp³-hybridized carbons (Fsp3) is 0.0606. The van der Waals surface area contributed by atoms with Gasteiger partial charge in [0.1, 0.15) is 22.3 Å². The molecule has 4 nitrogen and oxygen atoms in total. The first-order valence-electron chi connectivity index (χ1n) is 24.2. The number of para-hydroxylation sites is 5. The largest absolute Gasteiger partial charge is 0.456 e. The third-order valence-electron chi connectivity index (χ3n) is 15.6. The molecule has 2 aliphatic carbocycles. The fourth-order valence-electron chi connectivity index (χ4n) is 12.6. The van der Waals surface area contributed by atoms with Crippen LogP contribution in [0.15, 0.2) is 227 Å². The molecular weight excluding hydrogens is 853 g/mol. The van der Waals surface area contributed by atoms with Crippen LogP contribution in [-0.2, 0) is 10.8 Å². The number of anilines is 6. The van der Waals surface area contributed by atoms with Gasteiger partial charge in [-0.25, -0.2) is 0 Å². The fourth-order valence-corrected chi connectivity index (χ4v) is 12.6. The van der Waals surface area contributed by atoms with Gasteiger partial charge in [0.05, 0.1) is 27.9 Å². The Bertz CT molecular complexity index is 4090. The molecule has 3 heterocycles. The molecule has 330 valence electrons. The number of hydrogen-bond acceptors (Lipinski definition) is 4. The smallest absolute Gasteiger partial charge is 0.145 e. The quantitative estimate of drug-likeness (QED) is 0.176. The Kier molecular flexibility index (Phi) is 8.02. The Labute approximate surface area is 405 Å². The van der Waals surface area contributed by atoms with Crippen molar-refractivity contribution >= 4 is 90.2 Å². The molecule has 1 aliphatic heterocycles. The normalized spacial score (nSPS) is 14.6. The summed E-state index contributed by atoms with van der Waals surface area (Å²) in [5.74, 6) is 0. The van der Waals surface area contributed by atoms with Gasteiger partial charge in [0, 0.05) is 44.2 Å². The number of fused-ring (bicyclic) bond motifs is 18. The maximum Gasteiger partial charge on any atom is 0.145 e. The molecule has 0 unspecified atom stereocenters. The van der Waals surface area contributed by atoms with Crippen LogP contribution < -0.4 is 9.80 Å². The Morgan fingerprint density at radius 2 is 0.971 bits per heavy atom. The van der Waals surface area contributed by atoms with E-state index in [0.29, 0.717) is 0 Å². The second kappa shape index (κ2) is 14.3. The molecule has 0 amide bonds. The molecule has 70 heavy (non-hydrogen) atoms.